The summed E-state index contributed by atoms with van der Waals surface area (Å²) < 4.78 is 13.1. The lowest BCUT2D eigenvalue weighted by Crippen LogP contribution is -2.47. The molecule has 0 radical (unpaired) electrons. The zero-order valence-corrected chi connectivity index (χ0v) is 20.2. The second kappa shape index (κ2) is 8.44. The van der Waals surface area contributed by atoms with Crippen molar-refractivity contribution in [3.8, 4) is 0 Å². The average molecular weight is 444 g/mol. The average Bonchev–Trinajstić information content (AvgIpc) is 2.41. The predicted molar refractivity (Wildman–Crippen MR) is 114 cm³/mol. The monoisotopic (exact) mass is 443 g/mol. The van der Waals surface area contributed by atoms with Gasteiger partial charge in [-0.1, -0.05) is 48.8 Å². The molecule has 0 saturated carbocycles. The van der Waals surface area contributed by atoms with Crippen LogP contribution >= 0.6 is 15.9 Å². The van der Waals surface area contributed by atoms with Gasteiger partial charge in [0.25, 0.3) is 0 Å². The number of hydrogen-bond acceptors (Lipinski definition) is 3. The summed E-state index contributed by atoms with van der Waals surface area (Å²) in [5.74, 6) is 0. The molecule has 0 heterocycles. The second-order valence-corrected chi connectivity index (χ2v) is 15.0. The number of benzene rings is 1. The molecule has 4 nitrogen and oxygen atoms in total. The highest BCUT2D eigenvalue weighted by atomic mass is 79.9. The van der Waals surface area contributed by atoms with Crippen molar-refractivity contribution >= 4 is 30.3 Å². The standard InChI is InChI=1S/C20H34BrNO3Si/c1-14(22-18(23)24-19(2,3)4)17(15-11-10-12-16(21)13-15)25-26(8,9)20(5,6)7/h10-14,17H,1-9H3,(H,22,23)/t14-,17-/m1/s1. The smallest absolute Gasteiger partial charge is 0.407 e. The largest absolute Gasteiger partial charge is 0.444 e. The Kier molecular flexibility index (Phi) is 7.53. The second-order valence-electron chi connectivity index (χ2n) is 9.29. The minimum Gasteiger partial charge on any atom is -0.444 e. The minimum absolute atomic E-state index is 0.0723. The number of alkyl carbamates (subject to hydrolysis) is 1. The quantitative estimate of drug-likeness (QED) is 0.533. The molecule has 2 atom stereocenters. The van der Waals surface area contributed by atoms with E-state index in [2.05, 4.69) is 55.1 Å². The first-order valence-corrected chi connectivity index (χ1v) is 12.8. The molecule has 1 aromatic rings. The van der Waals surface area contributed by atoms with Gasteiger partial charge in [0.1, 0.15) is 5.60 Å². The fourth-order valence-electron chi connectivity index (χ4n) is 2.21. The summed E-state index contributed by atoms with van der Waals surface area (Å²) in [5.41, 5.74) is 0.503. The van der Waals surface area contributed by atoms with Crippen LogP contribution in [0.2, 0.25) is 18.1 Å². The zero-order chi connectivity index (χ0) is 20.3. The first-order valence-electron chi connectivity index (χ1n) is 9.05. The van der Waals surface area contributed by atoms with Gasteiger partial charge in [0.05, 0.1) is 12.1 Å². The Balaban J connectivity index is 3.10. The normalized spacial score (nSPS) is 15.3. The van der Waals surface area contributed by atoms with Crippen molar-refractivity contribution in [2.24, 2.45) is 0 Å². The lowest BCUT2D eigenvalue weighted by Gasteiger charge is -2.41. The van der Waals surface area contributed by atoms with Crippen LogP contribution in [0.25, 0.3) is 0 Å². The maximum Gasteiger partial charge on any atom is 0.407 e. The maximum absolute atomic E-state index is 12.2. The molecule has 0 fully saturated rings. The van der Waals surface area contributed by atoms with Crippen molar-refractivity contribution in [2.75, 3.05) is 0 Å². The van der Waals surface area contributed by atoms with E-state index < -0.39 is 20.0 Å². The summed E-state index contributed by atoms with van der Waals surface area (Å²) in [6, 6.07) is 7.83. The third-order valence-electron chi connectivity index (χ3n) is 4.60. The SMILES string of the molecule is C[C@@H](NC(=O)OC(C)(C)C)[C@@H](O[Si](C)(C)C(C)(C)C)c1cccc(Br)c1. The van der Waals surface area contributed by atoms with E-state index >= 15 is 0 Å². The van der Waals surface area contributed by atoms with Crippen molar-refractivity contribution in [3.05, 3.63) is 34.3 Å². The zero-order valence-electron chi connectivity index (χ0n) is 17.6. The molecule has 0 aliphatic carbocycles. The van der Waals surface area contributed by atoms with Crippen LogP contribution in [0.3, 0.4) is 0 Å². The molecular formula is C20H34BrNO3Si. The van der Waals surface area contributed by atoms with Crippen LogP contribution in [0.4, 0.5) is 4.79 Å². The van der Waals surface area contributed by atoms with Gasteiger partial charge in [0.2, 0.25) is 0 Å². The molecule has 0 spiro atoms. The fourth-order valence-corrected chi connectivity index (χ4v) is 3.95. The third-order valence-corrected chi connectivity index (χ3v) is 9.55. The third kappa shape index (κ3) is 7.04. The van der Waals surface area contributed by atoms with Crippen LogP contribution in [-0.4, -0.2) is 26.1 Å². The highest BCUT2D eigenvalue weighted by Gasteiger charge is 2.41. The van der Waals surface area contributed by atoms with Gasteiger partial charge >= 0.3 is 6.09 Å². The summed E-state index contributed by atoms with van der Waals surface area (Å²) in [7, 11) is -2.04. The summed E-state index contributed by atoms with van der Waals surface area (Å²) in [6.45, 7) is 18.6. The Morgan fingerprint density at radius 1 is 1.15 bits per heavy atom. The van der Waals surface area contributed by atoms with E-state index in [4.69, 9.17) is 9.16 Å². The Labute approximate surface area is 168 Å². The van der Waals surface area contributed by atoms with Gasteiger partial charge in [-0.15, -0.1) is 0 Å². The molecule has 1 amide bonds. The van der Waals surface area contributed by atoms with E-state index in [0.717, 1.165) is 10.0 Å². The predicted octanol–water partition coefficient (Wildman–Crippen LogP) is 6.43. The van der Waals surface area contributed by atoms with Crippen molar-refractivity contribution in [2.45, 2.75) is 84.3 Å². The van der Waals surface area contributed by atoms with Crippen LogP contribution < -0.4 is 5.32 Å². The van der Waals surface area contributed by atoms with E-state index in [1.165, 1.54) is 0 Å². The molecule has 0 bridgehead atoms. The van der Waals surface area contributed by atoms with E-state index in [-0.39, 0.29) is 17.2 Å². The van der Waals surface area contributed by atoms with Gasteiger partial charge in [0.15, 0.2) is 8.32 Å². The molecule has 6 heteroatoms. The number of carbonyl (C=O) groups is 1. The molecule has 0 saturated heterocycles. The maximum atomic E-state index is 12.2. The van der Waals surface area contributed by atoms with E-state index in [9.17, 15) is 4.79 Å². The number of ether oxygens (including phenoxy) is 1. The van der Waals surface area contributed by atoms with Crippen molar-refractivity contribution in [1.82, 2.24) is 5.32 Å². The number of halogens is 1. The molecule has 0 unspecified atom stereocenters. The molecule has 1 N–H and O–H groups in total. The minimum atomic E-state index is -2.04. The molecule has 1 aromatic carbocycles. The van der Waals surface area contributed by atoms with E-state index in [1.807, 2.05) is 52.0 Å². The topological polar surface area (TPSA) is 47.6 Å². The highest BCUT2D eigenvalue weighted by Crippen LogP contribution is 2.40. The number of amides is 1. The number of carbonyl (C=O) groups excluding carboxylic acids is 1. The fraction of sp³-hybridized carbons (Fsp3) is 0.650. The van der Waals surface area contributed by atoms with Gasteiger partial charge < -0.3 is 14.5 Å². The van der Waals surface area contributed by atoms with Gasteiger partial charge in [-0.3, -0.25) is 0 Å². The number of rotatable bonds is 5. The van der Waals surface area contributed by atoms with Crippen LogP contribution in [0, 0.1) is 0 Å². The van der Waals surface area contributed by atoms with Crippen LogP contribution in [-0.2, 0) is 9.16 Å². The molecule has 148 valence electrons. The van der Waals surface area contributed by atoms with Crippen molar-refractivity contribution in [1.29, 1.82) is 0 Å². The molecular weight excluding hydrogens is 410 g/mol. The van der Waals surface area contributed by atoms with Crippen LogP contribution in [0.15, 0.2) is 28.7 Å². The molecule has 1 rings (SSSR count). The Morgan fingerprint density at radius 3 is 2.19 bits per heavy atom. The summed E-state index contributed by atoms with van der Waals surface area (Å²) >= 11 is 3.53. The van der Waals surface area contributed by atoms with Gasteiger partial charge in [-0.05, 0) is 63.5 Å². The van der Waals surface area contributed by atoms with Gasteiger partial charge in [0, 0.05) is 4.47 Å². The van der Waals surface area contributed by atoms with Crippen molar-refractivity contribution < 1.29 is 14.0 Å². The van der Waals surface area contributed by atoms with E-state index in [1.54, 1.807) is 0 Å². The Bertz CT molecular complexity index is 620. The lowest BCUT2D eigenvalue weighted by atomic mass is 10.0. The lowest BCUT2D eigenvalue weighted by molar-refractivity contribution is 0.0445. The summed E-state index contributed by atoms with van der Waals surface area (Å²) in [4.78, 5) is 12.2. The van der Waals surface area contributed by atoms with Crippen LogP contribution in [0.1, 0.15) is 60.1 Å². The first-order chi connectivity index (χ1) is 11.6. The number of nitrogens with one attached hydrogen (secondary N) is 1. The molecule has 26 heavy (non-hydrogen) atoms. The van der Waals surface area contributed by atoms with E-state index in [0.29, 0.717) is 0 Å². The Hall–Kier alpha value is -0.853. The number of hydrogen-bond donors (Lipinski definition) is 1. The first kappa shape index (κ1) is 23.2. The molecule has 0 aromatic heterocycles. The molecule has 0 aliphatic heterocycles. The van der Waals surface area contributed by atoms with Crippen molar-refractivity contribution in [3.63, 3.8) is 0 Å². The highest BCUT2D eigenvalue weighted by molar-refractivity contribution is 9.10. The summed E-state index contributed by atoms with van der Waals surface area (Å²) in [6.07, 6.45) is -0.676. The summed E-state index contributed by atoms with van der Waals surface area (Å²) in [5, 5.41) is 3.02. The van der Waals surface area contributed by atoms with Gasteiger partial charge in [-0.25, -0.2) is 4.79 Å². The van der Waals surface area contributed by atoms with Crippen LogP contribution in [0.5, 0.6) is 0 Å². The van der Waals surface area contributed by atoms with Gasteiger partial charge in [-0.2, -0.15) is 0 Å². The Morgan fingerprint density at radius 2 is 1.73 bits per heavy atom. The molecule has 0 aliphatic rings.